The van der Waals surface area contributed by atoms with E-state index in [0.717, 1.165) is 22.9 Å². The van der Waals surface area contributed by atoms with Gasteiger partial charge in [-0.3, -0.25) is 9.59 Å². The van der Waals surface area contributed by atoms with Crippen LogP contribution in [-0.2, 0) is 16.0 Å². The summed E-state index contributed by atoms with van der Waals surface area (Å²) in [7, 11) is 0. The van der Waals surface area contributed by atoms with Crippen LogP contribution in [-0.4, -0.2) is 34.8 Å². The highest BCUT2D eigenvalue weighted by molar-refractivity contribution is 9.10. The quantitative estimate of drug-likeness (QED) is 0.779. The number of nitrogens with zero attached hydrogens (tertiary/aromatic N) is 2. The first-order valence-electron chi connectivity index (χ1n) is 8.96. The van der Waals surface area contributed by atoms with Gasteiger partial charge in [0.2, 0.25) is 11.8 Å². The predicted molar refractivity (Wildman–Crippen MR) is 105 cm³/mol. The van der Waals surface area contributed by atoms with Crippen molar-refractivity contribution in [2.24, 2.45) is 5.92 Å². The maximum Gasteiger partial charge on any atom is 0.230 e. The molecule has 0 bridgehead atoms. The van der Waals surface area contributed by atoms with Crippen molar-refractivity contribution in [3.63, 3.8) is 0 Å². The van der Waals surface area contributed by atoms with Crippen LogP contribution in [0.15, 0.2) is 47.1 Å². The molecule has 2 heterocycles. The maximum absolute atomic E-state index is 13.0. The molecule has 1 unspecified atom stereocenters. The molecule has 0 radical (unpaired) electrons. The summed E-state index contributed by atoms with van der Waals surface area (Å²) < 4.78 is 13.8. The standard InChI is InChI=1S/C20H21BrFN3O2/c21-16-6-9-18(23-12-16)24-20(27)15-2-1-11-25(13-15)19(26)10-5-14-3-7-17(22)8-4-14/h3-4,6-9,12,15H,1-2,5,10-11,13H2,(H,23,24,27). The highest BCUT2D eigenvalue weighted by Crippen LogP contribution is 2.20. The Bertz CT molecular complexity index is 796. The average molecular weight is 434 g/mol. The summed E-state index contributed by atoms with van der Waals surface area (Å²) >= 11 is 3.31. The fourth-order valence-electron chi connectivity index (χ4n) is 3.16. The highest BCUT2D eigenvalue weighted by Gasteiger charge is 2.28. The molecule has 7 heteroatoms. The molecule has 1 atom stereocenters. The van der Waals surface area contributed by atoms with E-state index in [2.05, 4.69) is 26.2 Å². The fourth-order valence-corrected chi connectivity index (χ4v) is 3.39. The van der Waals surface area contributed by atoms with E-state index in [1.807, 2.05) is 6.07 Å². The Morgan fingerprint density at radius 3 is 2.70 bits per heavy atom. The minimum atomic E-state index is -0.282. The van der Waals surface area contributed by atoms with Crippen LogP contribution in [0, 0.1) is 11.7 Å². The lowest BCUT2D eigenvalue weighted by Crippen LogP contribution is -2.43. The second kappa shape index (κ2) is 9.08. The van der Waals surface area contributed by atoms with Crippen LogP contribution >= 0.6 is 15.9 Å². The van der Waals surface area contributed by atoms with Crippen molar-refractivity contribution in [1.82, 2.24) is 9.88 Å². The van der Waals surface area contributed by atoms with E-state index >= 15 is 0 Å². The van der Waals surface area contributed by atoms with Gasteiger partial charge in [-0.1, -0.05) is 12.1 Å². The van der Waals surface area contributed by atoms with Crippen LogP contribution in [0.25, 0.3) is 0 Å². The largest absolute Gasteiger partial charge is 0.342 e. The van der Waals surface area contributed by atoms with Gasteiger partial charge in [0.05, 0.1) is 5.92 Å². The van der Waals surface area contributed by atoms with Gasteiger partial charge in [-0.15, -0.1) is 0 Å². The van der Waals surface area contributed by atoms with Crippen molar-refractivity contribution >= 4 is 33.6 Å². The van der Waals surface area contributed by atoms with Crippen LogP contribution in [0.1, 0.15) is 24.8 Å². The number of anilines is 1. The zero-order valence-electron chi connectivity index (χ0n) is 14.8. The Kier molecular flexibility index (Phi) is 6.55. The van der Waals surface area contributed by atoms with Crippen molar-refractivity contribution in [2.75, 3.05) is 18.4 Å². The Morgan fingerprint density at radius 1 is 1.22 bits per heavy atom. The summed E-state index contributed by atoms with van der Waals surface area (Å²) in [4.78, 5) is 30.9. The molecule has 5 nitrogen and oxygen atoms in total. The van der Waals surface area contributed by atoms with E-state index in [-0.39, 0.29) is 23.5 Å². The lowest BCUT2D eigenvalue weighted by molar-refractivity contribution is -0.134. The molecular formula is C20H21BrFN3O2. The summed E-state index contributed by atoms with van der Waals surface area (Å²) in [6, 6.07) is 9.74. The highest BCUT2D eigenvalue weighted by atomic mass is 79.9. The molecule has 1 aliphatic rings. The Labute approximate surface area is 166 Å². The van der Waals surface area contributed by atoms with Crippen LogP contribution < -0.4 is 5.32 Å². The van der Waals surface area contributed by atoms with E-state index in [4.69, 9.17) is 0 Å². The molecular weight excluding hydrogens is 413 g/mol. The van der Waals surface area contributed by atoms with Crippen molar-refractivity contribution in [3.8, 4) is 0 Å². The lowest BCUT2D eigenvalue weighted by atomic mass is 9.96. The molecule has 1 aromatic carbocycles. The minimum absolute atomic E-state index is 0.0265. The molecule has 1 fully saturated rings. The van der Waals surface area contributed by atoms with Gasteiger partial charge in [0, 0.05) is 30.2 Å². The number of aromatic nitrogens is 1. The number of hydrogen-bond acceptors (Lipinski definition) is 3. The number of nitrogens with one attached hydrogen (secondary N) is 1. The molecule has 0 saturated carbocycles. The predicted octanol–water partition coefficient (Wildman–Crippen LogP) is 3.79. The van der Waals surface area contributed by atoms with Gasteiger partial charge in [0.15, 0.2) is 0 Å². The van der Waals surface area contributed by atoms with Crippen molar-refractivity contribution < 1.29 is 14.0 Å². The Morgan fingerprint density at radius 2 is 2.00 bits per heavy atom. The van der Waals surface area contributed by atoms with Gasteiger partial charge in [-0.2, -0.15) is 0 Å². The van der Waals surface area contributed by atoms with Gasteiger partial charge in [0.1, 0.15) is 11.6 Å². The molecule has 2 amide bonds. The summed E-state index contributed by atoms with van der Waals surface area (Å²) in [6.45, 7) is 1.09. The van der Waals surface area contributed by atoms with E-state index < -0.39 is 0 Å². The SMILES string of the molecule is O=C(Nc1ccc(Br)cn1)C1CCCN(C(=O)CCc2ccc(F)cc2)C1. The molecule has 1 saturated heterocycles. The lowest BCUT2D eigenvalue weighted by Gasteiger charge is -2.32. The molecule has 0 spiro atoms. The van der Waals surface area contributed by atoms with Crippen molar-refractivity contribution in [3.05, 3.63) is 58.4 Å². The molecule has 0 aliphatic carbocycles. The first-order valence-corrected chi connectivity index (χ1v) is 9.75. The van der Waals surface area contributed by atoms with Gasteiger partial charge in [-0.25, -0.2) is 9.37 Å². The number of rotatable bonds is 5. The summed E-state index contributed by atoms with van der Waals surface area (Å²) in [5, 5.41) is 2.82. The Balaban J connectivity index is 1.51. The summed E-state index contributed by atoms with van der Waals surface area (Å²) in [5.41, 5.74) is 0.928. The number of likely N-dealkylation sites (tertiary alicyclic amines) is 1. The van der Waals surface area contributed by atoms with Crippen LogP contribution in [0.5, 0.6) is 0 Å². The molecule has 1 N–H and O–H groups in total. The summed E-state index contributed by atoms with van der Waals surface area (Å²) in [6.07, 6.45) is 4.10. The maximum atomic E-state index is 13.0. The molecule has 1 aromatic heterocycles. The zero-order valence-corrected chi connectivity index (χ0v) is 16.4. The van der Waals surface area contributed by atoms with Crippen LogP contribution in [0.2, 0.25) is 0 Å². The van der Waals surface area contributed by atoms with Gasteiger partial charge in [-0.05, 0) is 65.0 Å². The van der Waals surface area contributed by atoms with E-state index in [1.54, 1.807) is 29.3 Å². The third-order valence-corrected chi connectivity index (χ3v) is 5.13. The second-order valence-electron chi connectivity index (χ2n) is 6.66. The topological polar surface area (TPSA) is 62.3 Å². The number of aryl methyl sites for hydroxylation is 1. The van der Waals surface area contributed by atoms with E-state index in [9.17, 15) is 14.0 Å². The number of piperidine rings is 1. The van der Waals surface area contributed by atoms with Crippen LogP contribution in [0.3, 0.4) is 0 Å². The molecule has 27 heavy (non-hydrogen) atoms. The van der Waals surface area contributed by atoms with Gasteiger partial charge < -0.3 is 10.2 Å². The average Bonchev–Trinajstić information content (AvgIpc) is 2.69. The van der Waals surface area contributed by atoms with E-state index in [1.165, 1.54) is 12.1 Å². The minimum Gasteiger partial charge on any atom is -0.342 e. The van der Waals surface area contributed by atoms with Crippen LogP contribution in [0.4, 0.5) is 10.2 Å². The van der Waals surface area contributed by atoms with Gasteiger partial charge >= 0.3 is 0 Å². The van der Waals surface area contributed by atoms with Gasteiger partial charge in [0.25, 0.3) is 0 Å². The van der Waals surface area contributed by atoms with E-state index in [0.29, 0.717) is 31.7 Å². The molecule has 142 valence electrons. The number of amides is 2. The molecule has 3 rings (SSSR count). The number of pyridine rings is 1. The fraction of sp³-hybridized carbons (Fsp3) is 0.350. The number of halogens is 2. The smallest absolute Gasteiger partial charge is 0.230 e. The summed E-state index contributed by atoms with van der Waals surface area (Å²) in [5.74, 6) is -0.100. The zero-order chi connectivity index (χ0) is 19.2. The molecule has 2 aromatic rings. The number of carbonyl (C=O) groups excluding carboxylic acids is 2. The monoisotopic (exact) mass is 433 g/mol. The normalized spacial score (nSPS) is 16.8. The first kappa shape index (κ1) is 19.5. The Hall–Kier alpha value is -2.28. The third kappa shape index (κ3) is 5.60. The number of hydrogen-bond donors (Lipinski definition) is 1. The third-order valence-electron chi connectivity index (χ3n) is 4.66. The first-order chi connectivity index (χ1) is 13.0. The number of benzene rings is 1. The molecule has 1 aliphatic heterocycles. The number of carbonyl (C=O) groups is 2. The van der Waals surface area contributed by atoms with Crippen molar-refractivity contribution in [1.29, 1.82) is 0 Å². The second-order valence-corrected chi connectivity index (χ2v) is 7.57. The van der Waals surface area contributed by atoms with Crippen molar-refractivity contribution in [2.45, 2.75) is 25.7 Å².